The van der Waals surface area contributed by atoms with Gasteiger partial charge in [-0.15, -0.1) is 0 Å². The van der Waals surface area contributed by atoms with Gasteiger partial charge >= 0.3 is 30.8 Å². The maximum absolute atomic E-state index is 10.8. The molecule has 0 amide bonds. The predicted molar refractivity (Wildman–Crippen MR) is 398 cm³/mol. The van der Waals surface area contributed by atoms with Crippen molar-refractivity contribution in [1.82, 2.24) is 0 Å². The van der Waals surface area contributed by atoms with Gasteiger partial charge in [-0.25, -0.2) is 0 Å². The van der Waals surface area contributed by atoms with Crippen LogP contribution in [0.4, 0.5) is 0 Å². The normalized spacial score (nSPS) is 12.7. The molecule has 109 heavy (non-hydrogen) atoms. The van der Waals surface area contributed by atoms with Crippen LogP contribution in [0.1, 0.15) is 45.0 Å². The minimum atomic E-state index is -0.870. The van der Waals surface area contributed by atoms with Gasteiger partial charge < -0.3 is 132 Å². The number of carbonyl (C=O) groups is 5. The second-order valence-electron chi connectivity index (χ2n) is 20.8. The van der Waals surface area contributed by atoms with Crippen LogP contribution in [0.15, 0.2) is 145 Å². The average molecular weight is 1610 g/mol. The first-order chi connectivity index (χ1) is 50.8. The van der Waals surface area contributed by atoms with Gasteiger partial charge in [0.1, 0.15) is 17.2 Å². The Balaban J connectivity index is -0.00000117. The van der Waals surface area contributed by atoms with Crippen molar-refractivity contribution in [3.63, 3.8) is 0 Å². The number of aromatic hydroxyl groups is 7. The molecule has 0 spiro atoms. The summed E-state index contributed by atoms with van der Waals surface area (Å²) in [5.74, 6) is 2.77. The molecular formula is C71H90NaO34P2S+. The van der Waals surface area contributed by atoms with E-state index in [1.165, 1.54) is 87.2 Å². The number of phenols is 7. The third-order valence-corrected chi connectivity index (χ3v) is 12.6. The van der Waals surface area contributed by atoms with Crippen LogP contribution in [0.5, 0.6) is 121 Å². The monoisotopic (exact) mass is 1610 g/mol. The number of hydrogen-bond acceptors (Lipinski definition) is 35. The number of aldehydes is 1. The predicted octanol–water partition coefficient (Wildman–Crippen LogP) is 8.12. The number of carbonyl (C=O) groups excluding carboxylic acids is 5. The molecule has 38 heteroatoms. The molecule has 0 radical (unpaired) electrons. The SMILES string of the molecule is C=C(C)OC.CC1(C)Oc2cc3c(cc2O1)OC(C)(C)O3.COC1=CC(=O)C(=O)C=C1OC.COc1cc(OC)c(OC)cc1C=O.COc1cc(OC)c(OC)cc1O.COc1cc(OC)c(OC)cc1OC.O=C1C=C(O)C(=O)C=C1O.OO.Oc1cc(O)c(O)cc1O.Oc1ccc(O)cc1.[3H][P+](P)=S.[Na+].[OH-]. The molecule has 2 atom stereocenters. The van der Waals surface area contributed by atoms with E-state index in [0.717, 1.165) is 30.0 Å². The average Bonchev–Trinajstić information content (AvgIpc) is 1.61. The van der Waals surface area contributed by atoms with Gasteiger partial charge in [0.25, 0.3) is 0 Å². The molecule has 6 aromatic carbocycles. The first kappa shape index (κ1) is 100. The Bertz CT molecular complexity index is 3860. The van der Waals surface area contributed by atoms with Gasteiger partial charge in [-0.2, -0.15) is 0 Å². The molecule has 0 fully saturated rings. The number of ketones is 4. The van der Waals surface area contributed by atoms with Gasteiger partial charge in [0.15, 0.2) is 152 Å². The van der Waals surface area contributed by atoms with Crippen molar-refractivity contribution in [3.8, 4) is 121 Å². The Morgan fingerprint density at radius 2 is 0.661 bits per heavy atom. The van der Waals surface area contributed by atoms with Crippen LogP contribution in [-0.4, -0.2) is 197 Å². The molecular weight excluding hydrogens is 1510 g/mol. The van der Waals surface area contributed by atoms with E-state index in [1.54, 1.807) is 72.8 Å². The smallest absolute Gasteiger partial charge is 0.870 e. The van der Waals surface area contributed by atoms with Crippen LogP contribution in [0.25, 0.3) is 0 Å². The van der Waals surface area contributed by atoms with Crippen LogP contribution < -0.4 is 95.9 Å². The van der Waals surface area contributed by atoms with Crippen molar-refractivity contribution >= 4 is 57.1 Å². The van der Waals surface area contributed by atoms with Gasteiger partial charge in [-0.3, -0.25) is 34.5 Å². The van der Waals surface area contributed by atoms with E-state index in [4.69, 9.17) is 128 Å². The number of phenolic OH excluding ortho intramolecular Hbond substituents is 7. The molecule has 2 aliphatic carbocycles. The second kappa shape index (κ2) is 52.1. The van der Waals surface area contributed by atoms with Crippen molar-refractivity contribution in [1.29, 1.82) is 1.28 Å². The molecule has 0 saturated carbocycles. The van der Waals surface area contributed by atoms with Gasteiger partial charge in [-0.1, -0.05) is 6.58 Å². The number of aliphatic hydroxyl groups is 2. The second-order valence-corrected chi connectivity index (χ2v) is 23.5. The standard InChI is InChI=1S/C12H14O4.C10H14O4.C10H12O4.C9H12O4.C8H8O4.C6H6O4.C6H4O4.C6H6O2.C4H8O.Na.H2O2.H2O.H2P2S/c1-11(2)13-7-5-9-10(6-8(7)14-11)16-12(3,4)15-9;1-11-7-5-9(13-3)10(14-4)6-8(7)12-2;1-12-8-5-10(14-3)9(13-2)4-7(8)6-11;1-11-7-5-9(13-3)8(12-2)4-6(7)10;1-11-7-3-5(9)6(10)4-8(7)12-2;2*7-3-1-4(8)6(10)2-5(3)9;7-5-1-2-6(8)4-3-5;1-4(2)5-3;;1-2;;1-2-3/h5-6H,1-4H3;5-6H,1-4H3;4-6H,1-3H3;4-5,10H,1-3H3;3-4H,1-2H3;1-2,7-10H;1-2,7,10H;1-4,7-8H;1H2,2-3H3;;1-2H;1H2;1H2/q;;;;;;;;;+1;;;/i/hT. The molecule has 6 aromatic rings. The number of rotatable bonds is 14. The van der Waals surface area contributed by atoms with Crippen LogP contribution in [0.3, 0.4) is 0 Å². The zero-order valence-electron chi connectivity index (χ0n) is 64.0. The molecule has 4 aliphatic rings. The number of benzene rings is 6. The Hall–Kier alpha value is -11.0. The largest absolute Gasteiger partial charge is 1.00 e. The Morgan fingerprint density at radius 3 is 0.899 bits per heavy atom. The molecule has 2 unspecified atom stereocenters. The first-order valence-corrected chi connectivity index (χ1v) is 33.4. The van der Waals surface area contributed by atoms with Crippen LogP contribution in [0.2, 0.25) is 0 Å². The molecule has 12 N–H and O–H groups in total. The summed E-state index contributed by atoms with van der Waals surface area (Å²) in [6.45, 7) is 11.8. The van der Waals surface area contributed by atoms with E-state index in [1.807, 2.05) is 39.8 Å². The minimum Gasteiger partial charge on any atom is -0.870 e. The topological polar surface area (TPSA) is 495 Å². The summed E-state index contributed by atoms with van der Waals surface area (Å²) in [4.78, 5) is 53.2. The molecule has 0 aromatic heterocycles. The van der Waals surface area contributed by atoms with Crippen LogP contribution in [0, 0.1) is 0 Å². The van der Waals surface area contributed by atoms with E-state index in [-0.39, 0.29) is 63.8 Å². The van der Waals surface area contributed by atoms with E-state index < -0.39 is 76.2 Å². The Labute approximate surface area is 660 Å². The number of allylic oxidation sites excluding steroid dienone is 5. The van der Waals surface area contributed by atoms with Crippen molar-refractivity contribution in [2.45, 2.75) is 46.2 Å². The fourth-order valence-electron chi connectivity index (χ4n) is 7.65. The van der Waals surface area contributed by atoms with Crippen molar-refractivity contribution < 1.29 is 196 Å². The fraction of sp³-hybridized carbons (Fsp3) is 0.282. The van der Waals surface area contributed by atoms with Crippen LogP contribution >= 0.6 is 15.9 Å². The number of methoxy groups -OCH3 is 13. The maximum atomic E-state index is 10.8. The van der Waals surface area contributed by atoms with Crippen molar-refractivity contribution in [2.75, 3.05) is 92.4 Å². The zero-order valence-corrected chi connectivity index (χ0v) is 67.8. The number of fused-ring (bicyclic) bond motifs is 2. The van der Waals surface area contributed by atoms with E-state index in [0.29, 0.717) is 104 Å². The zero-order chi connectivity index (χ0) is 82.9. The van der Waals surface area contributed by atoms with E-state index >= 15 is 0 Å². The summed E-state index contributed by atoms with van der Waals surface area (Å²) in [6, 6.07) is 20.7. The summed E-state index contributed by atoms with van der Waals surface area (Å²) in [5, 5.41) is 90.7. The number of ether oxygens (including phenoxy) is 17. The van der Waals surface area contributed by atoms with E-state index in [2.05, 4.69) is 32.1 Å². The quantitative estimate of drug-likeness (QED) is 0.00419. The Morgan fingerprint density at radius 1 is 0.422 bits per heavy atom. The minimum absolute atomic E-state index is 0. The summed E-state index contributed by atoms with van der Waals surface area (Å²) < 4.78 is 93.6. The Kier molecular flexibility index (Phi) is 47.8. The third-order valence-electron chi connectivity index (χ3n) is 12.6. The molecule has 10 rings (SSSR count). The molecule has 2 heterocycles. The van der Waals surface area contributed by atoms with E-state index in [9.17, 15) is 29.1 Å². The first-order valence-electron chi connectivity index (χ1n) is 30.3. The van der Waals surface area contributed by atoms with Gasteiger partial charge in [-0.05, 0) is 37.3 Å². The third kappa shape index (κ3) is 34.6. The number of aliphatic hydroxyl groups excluding tert-OH is 2. The van der Waals surface area contributed by atoms with Crippen molar-refractivity contribution in [2.24, 2.45) is 0 Å². The molecule has 0 bridgehead atoms. The van der Waals surface area contributed by atoms with Gasteiger partial charge in [0.05, 0.1) is 113 Å². The molecule has 34 nitrogen and oxygen atoms in total. The summed E-state index contributed by atoms with van der Waals surface area (Å²) in [6.07, 6.45) is 4.29. The maximum Gasteiger partial charge on any atom is 1.00 e. The molecule has 2 aliphatic heterocycles. The molecule has 594 valence electrons. The van der Waals surface area contributed by atoms with Crippen molar-refractivity contribution in [3.05, 3.63) is 150 Å². The molecule has 0 saturated heterocycles. The summed E-state index contributed by atoms with van der Waals surface area (Å²) in [5.41, 5.74) is 0.435. The summed E-state index contributed by atoms with van der Waals surface area (Å²) >= 11 is 4.31. The van der Waals surface area contributed by atoms with Crippen LogP contribution in [-0.2, 0) is 45.2 Å². The van der Waals surface area contributed by atoms with Gasteiger partial charge in [0.2, 0.25) is 34.7 Å². The summed E-state index contributed by atoms with van der Waals surface area (Å²) in [7, 11) is 21.9. The number of hydrogen-bond donors (Lipinski definition) is 11. The fourth-order valence-corrected chi connectivity index (χ4v) is 7.65. The van der Waals surface area contributed by atoms with Gasteiger partial charge in [0, 0.05) is 107 Å².